The SMILES string of the molecule is Cc1cc(-c2n[nH]c(=S)n2/N=C/c2ccccc2Br)n[nH]1. The molecule has 3 aromatic rings. The Hall–Kier alpha value is -2.06. The highest BCUT2D eigenvalue weighted by Gasteiger charge is 2.11. The van der Waals surface area contributed by atoms with Crippen molar-refractivity contribution in [1.82, 2.24) is 25.1 Å². The van der Waals surface area contributed by atoms with Crippen molar-refractivity contribution in [2.75, 3.05) is 0 Å². The maximum Gasteiger partial charge on any atom is 0.216 e. The molecule has 21 heavy (non-hydrogen) atoms. The van der Waals surface area contributed by atoms with Crippen LogP contribution in [0, 0.1) is 11.7 Å². The fourth-order valence-corrected chi connectivity index (χ4v) is 2.36. The van der Waals surface area contributed by atoms with Gasteiger partial charge in [-0.3, -0.25) is 5.10 Å². The van der Waals surface area contributed by atoms with Crippen LogP contribution in [0.5, 0.6) is 0 Å². The predicted molar refractivity (Wildman–Crippen MR) is 86.9 cm³/mol. The van der Waals surface area contributed by atoms with Crippen LogP contribution < -0.4 is 0 Å². The van der Waals surface area contributed by atoms with E-state index in [0.717, 1.165) is 15.7 Å². The average molecular weight is 363 g/mol. The molecule has 6 nitrogen and oxygen atoms in total. The number of rotatable bonds is 3. The second-order valence-corrected chi connectivity index (χ2v) is 5.61. The number of halogens is 1. The Morgan fingerprint density at radius 2 is 2.10 bits per heavy atom. The number of aromatic nitrogens is 5. The Morgan fingerprint density at radius 3 is 2.81 bits per heavy atom. The van der Waals surface area contributed by atoms with E-state index in [0.29, 0.717) is 16.3 Å². The lowest BCUT2D eigenvalue weighted by atomic mass is 10.2. The number of aryl methyl sites for hydroxylation is 1. The highest BCUT2D eigenvalue weighted by atomic mass is 79.9. The molecule has 0 aliphatic heterocycles. The molecule has 1 aromatic carbocycles. The minimum absolute atomic E-state index is 0.411. The van der Waals surface area contributed by atoms with E-state index in [1.54, 1.807) is 10.9 Å². The molecule has 0 aliphatic carbocycles. The van der Waals surface area contributed by atoms with Crippen LogP contribution in [-0.4, -0.2) is 31.3 Å². The summed E-state index contributed by atoms with van der Waals surface area (Å²) in [5, 5.41) is 18.3. The van der Waals surface area contributed by atoms with Gasteiger partial charge in [0.15, 0.2) is 0 Å². The minimum atomic E-state index is 0.411. The van der Waals surface area contributed by atoms with Crippen LogP contribution in [0.4, 0.5) is 0 Å². The molecule has 0 saturated carbocycles. The lowest BCUT2D eigenvalue weighted by Gasteiger charge is -1.98. The standard InChI is InChI=1S/C13H11BrN6S/c1-8-6-11(17-16-8)12-18-19-13(21)20(12)15-7-9-4-2-3-5-10(9)14/h2-7H,1H3,(H,16,17)(H,19,21)/b15-7+. The molecule has 2 aromatic heterocycles. The Kier molecular flexibility index (Phi) is 3.80. The summed E-state index contributed by atoms with van der Waals surface area (Å²) in [7, 11) is 0. The molecule has 2 heterocycles. The molecule has 0 aliphatic rings. The maximum atomic E-state index is 5.21. The van der Waals surface area contributed by atoms with Gasteiger partial charge in [0.25, 0.3) is 0 Å². The van der Waals surface area contributed by atoms with E-state index in [4.69, 9.17) is 12.2 Å². The number of aromatic amines is 2. The summed E-state index contributed by atoms with van der Waals surface area (Å²) in [4.78, 5) is 0. The van der Waals surface area contributed by atoms with E-state index in [1.165, 1.54) is 0 Å². The predicted octanol–water partition coefficient (Wildman–Crippen LogP) is 3.28. The smallest absolute Gasteiger partial charge is 0.216 e. The summed E-state index contributed by atoms with van der Waals surface area (Å²) in [6, 6.07) is 9.68. The van der Waals surface area contributed by atoms with E-state index in [-0.39, 0.29) is 0 Å². The zero-order valence-corrected chi connectivity index (χ0v) is 13.4. The van der Waals surface area contributed by atoms with Crippen molar-refractivity contribution in [2.24, 2.45) is 5.10 Å². The Balaban J connectivity index is 2.02. The van der Waals surface area contributed by atoms with Crippen LogP contribution in [-0.2, 0) is 0 Å². The maximum absolute atomic E-state index is 5.21. The molecular weight excluding hydrogens is 352 g/mol. The Bertz CT molecular complexity index is 859. The van der Waals surface area contributed by atoms with Crippen LogP contribution >= 0.6 is 28.1 Å². The van der Waals surface area contributed by atoms with Crippen molar-refractivity contribution in [1.29, 1.82) is 0 Å². The molecule has 0 bridgehead atoms. The van der Waals surface area contributed by atoms with Gasteiger partial charge in [0.1, 0.15) is 5.69 Å². The van der Waals surface area contributed by atoms with Crippen LogP contribution in [0.3, 0.4) is 0 Å². The molecule has 0 fully saturated rings. The van der Waals surface area contributed by atoms with E-state index in [9.17, 15) is 0 Å². The van der Waals surface area contributed by atoms with Crippen LogP contribution in [0.15, 0.2) is 39.9 Å². The third-order valence-electron chi connectivity index (χ3n) is 2.80. The van der Waals surface area contributed by atoms with Crippen molar-refractivity contribution in [2.45, 2.75) is 6.92 Å². The molecule has 0 unspecified atom stereocenters. The van der Waals surface area contributed by atoms with Gasteiger partial charge >= 0.3 is 0 Å². The van der Waals surface area contributed by atoms with E-state index in [1.807, 2.05) is 37.3 Å². The summed E-state index contributed by atoms with van der Waals surface area (Å²) >= 11 is 8.69. The van der Waals surface area contributed by atoms with E-state index >= 15 is 0 Å². The Morgan fingerprint density at radius 1 is 1.29 bits per heavy atom. The van der Waals surface area contributed by atoms with Crippen molar-refractivity contribution >= 4 is 34.4 Å². The monoisotopic (exact) mass is 362 g/mol. The first-order chi connectivity index (χ1) is 10.1. The summed E-state index contributed by atoms with van der Waals surface area (Å²) in [5.41, 5.74) is 2.58. The molecule has 0 spiro atoms. The third-order valence-corrected chi connectivity index (χ3v) is 3.79. The van der Waals surface area contributed by atoms with Crippen LogP contribution in [0.2, 0.25) is 0 Å². The van der Waals surface area contributed by atoms with E-state index < -0.39 is 0 Å². The lowest BCUT2D eigenvalue weighted by Crippen LogP contribution is -1.95. The summed E-state index contributed by atoms with van der Waals surface area (Å²) < 4.78 is 2.92. The largest absolute Gasteiger partial charge is 0.282 e. The zero-order chi connectivity index (χ0) is 14.8. The molecule has 8 heteroatoms. The normalized spacial score (nSPS) is 11.3. The first kappa shape index (κ1) is 13.9. The minimum Gasteiger partial charge on any atom is -0.282 e. The van der Waals surface area contributed by atoms with Gasteiger partial charge in [-0.15, -0.1) is 0 Å². The van der Waals surface area contributed by atoms with Gasteiger partial charge in [-0.25, -0.2) is 5.10 Å². The summed E-state index contributed by atoms with van der Waals surface area (Å²) in [5.74, 6) is 0.563. The van der Waals surface area contributed by atoms with Gasteiger partial charge in [0, 0.05) is 15.7 Å². The topological polar surface area (TPSA) is 74.7 Å². The fourth-order valence-electron chi connectivity index (χ4n) is 1.80. The van der Waals surface area contributed by atoms with Gasteiger partial charge in [0.05, 0.1) is 6.21 Å². The first-order valence-electron chi connectivity index (χ1n) is 6.14. The second kappa shape index (κ2) is 5.74. The molecule has 0 atom stereocenters. The van der Waals surface area contributed by atoms with Gasteiger partial charge in [-0.1, -0.05) is 34.1 Å². The molecular formula is C13H11BrN6S. The number of benzene rings is 1. The number of nitrogens with one attached hydrogen (secondary N) is 2. The third kappa shape index (κ3) is 2.86. The molecule has 0 saturated heterocycles. The molecule has 0 radical (unpaired) electrons. The number of hydrogen-bond donors (Lipinski definition) is 2. The van der Waals surface area contributed by atoms with Crippen molar-refractivity contribution < 1.29 is 0 Å². The van der Waals surface area contributed by atoms with Crippen molar-refractivity contribution in [3.63, 3.8) is 0 Å². The van der Waals surface area contributed by atoms with Crippen LogP contribution in [0.25, 0.3) is 11.5 Å². The first-order valence-corrected chi connectivity index (χ1v) is 7.34. The second-order valence-electron chi connectivity index (χ2n) is 4.37. The zero-order valence-electron chi connectivity index (χ0n) is 11.0. The summed E-state index contributed by atoms with van der Waals surface area (Å²) in [6.45, 7) is 1.92. The van der Waals surface area contributed by atoms with E-state index in [2.05, 4.69) is 41.4 Å². The molecule has 0 amide bonds. The van der Waals surface area contributed by atoms with Crippen LogP contribution in [0.1, 0.15) is 11.3 Å². The molecule has 2 N–H and O–H groups in total. The van der Waals surface area contributed by atoms with Gasteiger partial charge in [-0.2, -0.15) is 20.0 Å². The average Bonchev–Trinajstić information content (AvgIpc) is 3.04. The number of nitrogens with zero attached hydrogens (tertiary/aromatic N) is 4. The lowest BCUT2D eigenvalue weighted by molar-refractivity contribution is 0.865. The van der Waals surface area contributed by atoms with Crippen molar-refractivity contribution in [3.8, 4) is 11.5 Å². The quantitative estimate of drug-likeness (QED) is 0.554. The van der Waals surface area contributed by atoms with Gasteiger partial charge in [-0.05, 0) is 31.3 Å². The Labute approximate surface area is 134 Å². The highest BCUT2D eigenvalue weighted by Crippen LogP contribution is 2.16. The summed E-state index contributed by atoms with van der Waals surface area (Å²) in [6.07, 6.45) is 1.72. The number of hydrogen-bond acceptors (Lipinski definition) is 4. The van der Waals surface area contributed by atoms with Crippen molar-refractivity contribution in [3.05, 3.63) is 50.8 Å². The number of H-pyrrole nitrogens is 2. The fraction of sp³-hybridized carbons (Fsp3) is 0.0769. The van der Waals surface area contributed by atoms with Gasteiger partial charge < -0.3 is 0 Å². The van der Waals surface area contributed by atoms with Gasteiger partial charge in [0.2, 0.25) is 10.6 Å². The molecule has 106 valence electrons. The highest BCUT2D eigenvalue weighted by molar-refractivity contribution is 9.10. The molecule has 3 rings (SSSR count).